The van der Waals surface area contributed by atoms with Crippen LogP contribution in [0.25, 0.3) is 20.2 Å². The average Bonchev–Trinajstić information content (AvgIpc) is 2.83. The number of rotatable bonds is 3. The number of nitrogens with zero attached hydrogens (tertiary/aromatic N) is 1. The molecular formula is C13H9NO3S2. The van der Waals surface area contributed by atoms with E-state index < -0.39 is 5.97 Å². The molecule has 1 aliphatic carbocycles. The van der Waals surface area contributed by atoms with Gasteiger partial charge >= 0.3 is 5.97 Å². The summed E-state index contributed by atoms with van der Waals surface area (Å²) in [6.07, 6.45) is 2.01. The van der Waals surface area contributed by atoms with E-state index in [9.17, 15) is 9.90 Å². The summed E-state index contributed by atoms with van der Waals surface area (Å²) in [5.41, 5.74) is 0.610. The SMILES string of the molecule is O=C(O)c1oc(-c2cc3sccc3s2)nc1C1CC1. The molecule has 4 rings (SSSR count). The Morgan fingerprint density at radius 2 is 2.26 bits per heavy atom. The average molecular weight is 291 g/mol. The van der Waals surface area contributed by atoms with Crippen LogP contribution in [0.1, 0.15) is 35.0 Å². The molecule has 1 saturated carbocycles. The van der Waals surface area contributed by atoms with Crippen molar-refractivity contribution >= 4 is 38.0 Å². The van der Waals surface area contributed by atoms with Crippen LogP contribution in [0.5, 0.6) is 0 Å². The highest BCUT2D eigenvalue weighted by Crippen LogP contribution is 2.43. The first-order chi connectivity index (χ1) is 9.22. The molecule has 19 heavy (non-hydrogen) atoms. The molecular weight excluding hydrogens is 282 g/mol. The first-order valence-corrected chi connectivity index (χ1v) is 7.63. The van der Waals surface area contributed by atoms with Gasteiger partial charge in [-0.1, -0.05) is 0 Å². The largest absolute Gasteiger partial charge is 0.475 e. The summed E-state index contributed by atoms with van der Waals surface area (Å²) in [6.45, 7) is 0. The predicted octanol–water partition coefficient (Wildman–Crippen LogP) is 4.19. The number of carboxylic acids is 1. The summed E-state index contributed by atoms with van der Waals surface area (Å²) < 4.78 is 7.83. The maximum Gasteiger partial charge on any atom is 0.373 e. The molecule has 0 bridgehead atoms. The first-order valence-electron chi connectivity index (χ1n) is 5.94. The normalized spacial score (nSPS) is 15.2. The minimum atomic E-state index is -1.03. The van der Waals surface area contributed by atoms with E-state index in [0.29, 0.717) is 11.6 Å². The molecule has 3 heterocycles. The second-order valence-electron chi connectivity index (χ2n) is 4.57. The molecule has 1 fully saturated rings. The van der Waals surface area contributed by atoms with Crippen LogP contribution in [0.3, 0.4) is 0 Å². The zero-order valence-electron chi connectivity index (χ0n) is 9.75. The maximum absolute atomic E-state index is 11.2. The van der Waals surface area contributed by atoms with Crippen LogP contribution in [0, 0.1) is 0 Å². The summed E-state index contributed by atoms with van der Waals surface area (Å²) in [5.74, 6) is -0.314. The Balaban J connectivity index is 1.84. The van der Waals surface area contributed by atoms with Crippen molar-refractivity contribution in [1.82, 2.24) is 4.98 Å². The quantitative estimate of drug-likeness (QED) is 0.785. The topological polar surface area (TPSA) is 63.3 Å². The fourth-order valence-electron chi connectivity index (χ4n) is 2.10. The molecule has 0 radical (unpaired) electrons. The maximum atomic E-state index is 11.2. The first kappa shape index (κ1) is 11.2. The number of aromatic carboxylic acids is 1. The third kappa shape index (κ3) is 1.79. The van der Waals surface area contributed by atoms with Crippen LogP contribution in [-0.2, 0) is 0 Å². The van der Waals surface area contributed by atoms with Crippen molar-refractivity contribution in [3.8, 4) is 10.8 Å². The lowest BCUT2D eigenvalue weighted by Gasteiger charge is -1.89. The third-order valence-corrected chi connectivity index (χ3v) is 5.24. The van der Waals surface area contributed by atoms with Gasteiger partial charge in [0.2, 0.25) is 11.7 Å². The monoisotopic (exact) mass is 291 g/mol. The van der Waals surface area contributed by atoms with Gasteiger partial charge in [-0.15, -0.1) is 22.7 Å². The summed E-state index contributed by atoms with van der Waals surface area (Å²) in [7, 11) is 0. The van der Waals surface area contributed by atoms with Gasteiger partial charge in [0.05, 0.1) is 10.6 Å². The van der Waals surface area contributed by atoms with Crippen LogP contribution in [0.2, 0.25) is 0 Å². The van der Waals surface area contributed by atoms with Gasteiger partial charge in [0.25, 0.3) is 0 Å². The predicted molar refractivity (Wildman–Crippen MR) is 74.1 cm³/mol. The Labute approximate surface area is 116 Å². The van der Waals surface area contributed by atoms with Gasteiger partial charge in [-0.05, 0) is 30.4 Å². The Hall–Kier alpha value is -1.66. The van der Waals surface area contributed by atoms with Gasteiger partial charge in [0.1, 0.15) is 0 Å². The number of fused-ring (bicyclic) bond motifs is 1. The Bertz CT molecular complexity index is 750. The molecule has 0 saturated heterocycles. The van der Waals surface area contributed by atoms with Crippen molar-refractivity contribution in [1.29, 1.82) is 0 Å². The van der Waals surface area contributed by atoms with Crippen molar-refractivity contribution < 1.29 is 14.3 Å². The molecule has 0 amide bonds. The van der Waals surface area contributed by atoms with E-state index in [0.717, 1.165) is 17.7 Å². The Morgan fingerprint density at radius 3 is 2.95 bits per heavy atom. The van der Waals surface area contributed by atoms with Gasteiger partial charge < -0.3 is 9.52 Å². The van der Waals surface area contributed by atoms with E-state index in [1.165, 1.54) is 9.40 Å². The van der Waals surface area contributed by atoms with E-state index in [1.807, 2.05) is 11.4 Å². The molecule has 4 nitrogen and oxygen atoms in total. The fourth-order valence-corrected chi connectivity index (χ4v) is 4.13. The molecule has 96 valence electrons. The fraction of sp³-hybridized carbons (Fsp3) is 0.231. The van der Waals surface area contributed by atoms with Crippen molar-refractivity contribution in [2.24, 2.45) is 0 Å². The van der Waals surface area contributed by atoms with Crippen LogP contribution < -0.4 is 0 Å². The van der Waals surface area contributed by atoms with Crippen LogP contribution in [0.15, 0.2) is 21.9 Å². The van der Waals surface area contributed by atoms with Gasteiger partial charge in [-0.2, -0.15) is 0 Å². The number of oxazole rings is 1. The van der Waals surface area contributed by atoms with Crippen molar-refractivity contribution in [3.05, 3.63) is 29.0 Å². The summed E-state index contributed by atoms with van der Waals surface area (Å²) in [6, 6.07) is 4.07. The number of aromatic nitrogens is 1. The van der Waals surface area contributed by atoms with Gasteiger partial charge in [-0.3, -0.25) is 0 Å². The molecule has 1 N–H and O–H groups in total. The Morgan fingerprint density at radius 1 is 1.42 bits per heavy atom. The Kier molecular flexibility index (Phi) is 2.31. The smallest absolute Gasteiger partial charge is 0.373 e. The minimum Gasteiger partial charge on any atom is -0.475 e. The lowest BCUT2D eigenvalue weighted by molar-refractivity contribution is 0.0661. The van der Waals surface area contributed by atoms with Crippen molar-refractivity contribution in [2.45, 2.75) is 18.8 Å². The van der Waals surface area contributed by atoms with E-state index in [1.54, 1.807) is 22.7 Å². The summed E-state index contributed by atoms with van der Waals surface area (Å²) >= 11 is 3.25. The molecule has 0 aromatic carbocycles. The second-order valence-corrected chi connectivity index (χ2v) is 6.60. The van der Waals surface area contributed by atoms with Crippen molar-refractivity contribution in [3.63, 3.8) is 0 Å². The number of thiophene rings is 2. The van der Waals surface area contributed by atoms with Crippen molar-refractivity contribution in [2.75, 3.05) is 0 Å². The standard InChI is InChI=1S/C13H9NO3S2/c15-13(16)11-10(6-1-2-6)14-12(17-11)9-5-8-7(19-9)3-4-18-8/h3-6H,1-2H2,(H,15,16). The summed E-state index contributed by atoms with van der Waals surface area (Å²) in [5, 5.41) is 11.2. The number of carbonyl (C=O) groups is 1. The van der Waals surface area contributed by atoms with E-state index >= 15 is 0 Å². The number of carboxylic acid groups (broad SMARTS) is 1. The zero-order chi connectivity index (χ0) is 13.0. The highest BCUT2D eigenvalue weighted by Gasteiger charge is 2.33. The van der Waals surface area contributed by atoms with Crippen LogP contribution in [0.4, 0.5) is 0 Å². The second kappa shape index (κ2) is 3.91. The number of hydrogen-bond donors (Lipinski definition) is 1. The van der Waals surface area contributed by atoms with Crippen LogP contribution in [-0.4, -0.2) is 16.1 Å². The lowest BCUT2D eigenvalue weighted by Crippen LogP contribution is -1.98. The molecule has 0 unspecified atom stereocenters. The molecule has 0 aliphatic heterocycles. The van der Waals surface area contributed by atoms with Crippen LogP contribution >= 0.6 is 22.7 Å². The third-order valence-electron chi connectivity index (χ3n) is 3.16. The van der Waals surface area contributed by atoms with Gasteiger partial charge in [0, 0.05) is 15.3 Å². The highest BCUT2D eigenvalue weighted by molar-refractivity contribution is 7.28. The highest BCUT2D eigenvalue weighted by atomic mass is 32.1. The summed E-state index contributed by atoms with van der Waals surface area (Å²) in [4.78, 5) is 16.5. The molecule has 0 spiro atoms. The molecule has 3 aromatic heterocycles. The van der Waals surface area contributed by atoms with E-state index in [2.05, 4.69) is 11.1 Å². The lowest BCUT2D eigenvalue weighted by atomic mass is 10.2. The number of hydrogen-bond acceptors (Lipinski definition) is 5. The van der Waals surface area contributed by atoms with E-state index in [4.69, 9.17) is 4.42 Å². The molecule has 1 aliphatic rings. The van der Waals surface area contributed by atoms with E-state index in [-0.39, 0.29) is 11.7 Å². The van der Waals surface area contributed by atoms with Gasteiger partial charge in [-0.25, -0.2) is 9.78 Å². The molecule has 6 heteroatoms. The molecule has 0 atom stereocenters. The zero-order valence-corrected chi connectivity index (χ0v) is 11.4. The van der Waals surface area contributed by atoms with Gasteiger partial charge in [0.15, 0.2) is 0 Å². The molecule has 3 aromatic rings. The minimum absolute atomic E-state index is 0.00857.